The second kappa shape index (κ2) is 3.95. The molecule has 0 saturated heterocycles. The number of rotatable bonds is 1. The SMILES string of the molecule is Brc1cc(-c2ccccc2)cc2c1OCC2. The molecular weight excluding hydrogens is 264 g/mol. The molecule has 0 amide bonds. The second-order valence-corrected chi connectivity index (χ2v) is 4.77. The molecule has 0 atom stereocenters. The summed E-state index contributed by atoms with van der Waals surface area (Å²) in [6.45, 7) is 0.798. The van der Waals surface area contributed by atoms with E-state index in [2.05, 4.69) is 52.3 Å². The predicted octanol–water partition coefficient (Wildman–Crippen LogP) is 4.05. The standard InChI is InChI=1S/C14H11BrO/c15-13-9-12(10-4-2-1-3-5-10)8-11-6-7-16-14(11)13/h1-5,8-9H,6-7H2. The molecular formula is C14H11BrO. The topological polar surface area (TPSA) is 9.23 Å². The van der Waals surface area contributed by atoms with Crippen molar-refractivity contribution in [3.05, 3.63) is 52.5 Å². The molecule has 0 bridgehead atoms. The Morgan fingerprint density at radius 1 is 1.00 bits per heavy atom. The Balaban J connectivity index is 2.13. The van der Waals surface area contributed by atoms with Gasteiger partial charge in [-0.25, -0.2) is 0 Å². The van der Waals surface area contributed by atoms with E-state index in [9.17, 15) is 0 Å². The van der Waals surface area contributed by atoms with Crippen LogP contribution in [0.4, 0.5) is 0 Å². The molecule has 0 fully saturated rings. The Bertz CT molecular complexity index is 520. The zero-order valence-corrected chi connectivity index (χ0v) is 10.3. The number of benzene rings is 2. The van der Waals surface area contributed by atoms with Crippen molar-refractivity contribution < 1.29 is 4.74 Å². The van der Waals surface area contributed by atoms with Gasteiger partial charge in [-0.3, -0.25) is 0 Å². The van der Waals surface area contributed by atoms with Gasteiger partial charge in [0.25, 0.3) is 0 Å². The highest BCUT2D eigenvalue weighted by molar-refractivity contribution is 9.10. The van der Waals surface area contributed by atoms with Crippen LogP contribution in [0.5, 0.6) is 5.75 Å². The molecule has 1 nitrogen and oxygen atoms in total. The minimum absolute atomic E-state index is 0.798. The molecule has 16 heavy (non-hydrogen) atoms. The van der Waals surface area contributed by atoms with E-state index in [0.717, 1.165) is 23.2 Å². The van der Waals surface area contributed by atoms with E-state index >= 15 is 0 Å². The molecule has 1 heterocycles. The number of hydrogen-bond donors (Lipinski definition) is 0. The van der Waals surface area contributed by atoms with Gasteiger partial charge in [0.1, 0.15) is 5.75 Å². The van der Waals surface area contributed by atoms with Gasteiger partial charge in [0, 0.05) is 6.42 Å². The van der Waals surface area contributed by atoms with E-state index in [-0.39, 0.29) is 0 Å². The fraction of sp³-hybridized carbons (Fsp3) is 0.143. The first kappa shape index (κ1) is 9.91. The quantitative estimate of drug-likeness (QED) is 0.762. The molecule has 0 aromatic heterocycles. The lowest BCUT2D eigenvalue weighted by molar-refractivity contribution is 0.355. The number of ether oxygens (including phenoxy) is 1. The predicted molar refractivity (Wildman–Crippen MR) is 68.8 cm³/mol. The normalized spacial score (nSPS) is 13.3. The first-order chi connectivity index (χ1) is 7.84. The van der Waals surface area contributed by atoms with Crippen molar-refractivity contribution in [1.29, 1.82) is 0 Å². The van der Waals surface area contributed by atoms with Crippen LogP contribution in [0.15, 0.2) is 46.9 Å². The lowest BCUT2D eigenvalue weighted by Crippen LogP contribution is -1.86. The summed E-state index contributed by atoms with van der Waals surface area (Å²) < 4.78 is 6.63. The molecule has 0 spiro atoms. The summed E-state index contributed by atoms with van der Waals surface area (Å²) in [5, 5.41) is 0. The van der Waals surface area contributed by atoms with Crippen LogP contribution in [-0.4, -0.2) is 6.61 Å². The van der Waals surface area contributed by atoms with E-state index in [1.165, 1.54) is 16.7 Å². The van der Waals surface area contributed by atoms with E-state index < -0.39 is 0 Å². The lowest BCUT2D eigenvalue weighted by atomic mass is 10.0. The van der Waals surface area contributed by atoms with Crippen LogP contribution in [0.3, 0.4) is 0 Å². The minimum Gasteiger partial charge on any atom is -0.492 e. The zero-order chi connectivity index (χ0) is 11.0. The summed E-state index contributed by atoms with van der Waals surface area (Å²) in [7, 11) is 0. The fourth-order valence-corrected chi connectivity index (χ4v) is 2.67. The highest BCUT2D eigenvalue weighted by Crippen LogP contribution is 2.37. The Kier molecular flexibility index (Phi) is 2.44. The van der Waals surface area contributed by atoms with Gasteiger partial charge in [0.15, 0.2) is 0 Å². The van der Waals surface area contributed by atoms with Crippen molar-refractivity contribution in [3.63, 3.8) is 0 Å². The van der Waals surface area contributed by atoms with Crippen LogP contribution < -0.4 is 4.74 Å². The van der Waals surface area contributed by atoms with Crippen LogP contribution in [0.25, 0.3) is 11.1 Å². The summed E-state index contributed by atoms with van der Waals surface area (Å²) in [5.74, 6) is 1.01. The van der Waals surface area contributed by atoms with Crippen LogP contribution in [-0.2, 0) is 6.42 Å². The molecule has 0 saturated carbocycles. The van der Waals surface area contributed by atoms with Gasteiger partial charge in [-0.2, -0.15) is 0 Å². The summed E-state index contributed by atoms with van der Waals surface area (Å²) in [5.41, 5.74) is 3.79. The Morgan fingerprint density at radius 3 is 2.62 bits per heavy atom. The first-order valence-electron chi connectivity index (χ1n) is 5.35. The van der Waals surface area contributed by atoms with Crippen molar-refractivity contribution in [3.8, 4) is 16.9 Å². The zero-order valence-electron chi connectivity index (χ0n) is 8.74. The average Bonchev–Trinajstić information content (AvgIpc) is 2.79. The van der Waals surface area contributed by atoms with Crippen molar-refractivity contribution in [2.75, 3.05) is 6.61 Å². The van der Waals surface area contributed by atoms with Gasteiger partial charge >= 0.3 is 0 Å². The Hall–Kier alpha value is -1.28. The molecule has 2 aromatic carbocycles. The third kappa shape index (κ3) is 1.63. The highest BCUT2D eigenvalue weighted by atomic mass is 79.9. The first-order valence-corrected chi connectivity index (χ1v) is 6.14. The van der Waals surface area contributed by atoms with Crippen LogP contribution in [0, 0.1) is 0 Å². The smallest absolute Gasteiger partial charge is 0.136 e. The maximum absolute atomic E-state index is 5.57. The number of halogens is 1. The van der Waals surface area contributed by atoms with Gasteiger partial charge in [-0.1, -0.05) is 30.3 Å². The molecule has 2 heteroatoms. The van der Waals surface area contributed by atoms with Crippen molar-refractivity contribution in [1.82, 2.24) is 0 Å². The maximum Gasteiger partial charge on any atom is 0.136 e. The molecule has 3 rings (SSSR count). The van der Waals surface area contributed by atoms with Crippen molar-refractivity contribution >= 4 is 15.9 Å². The summed E-state index contributed by atoms with van der Waals surface area (Å²) >= 11 is 3.57. The highest BCUT2D eigenvalue weighted by Gasteiger charge is 2.16. The average molecular weight is 275 g/mol. The van der Waals surface area contributed by atoms with Gasteiger partial charge in [0.05, 0.1) is 11.1 Å². The monoisotopic (exact) mass is 274 g/mol. The molecule has 1 aliphatic heterocycles. The lowest BCUT2D eigenvalue weighted by Gasteiger charge is -2.06. The third-order valence-corrected chi connectivity index (χ3v) is 3.43. The molecule has 0 aliphatic carbocycles. The summed E-state index contributed by atoms with van der Waals surface area (Å²) in [4.78, 5) is 0. The Labute approximate surface area is 103 Å². The Morgan fingerprint density at radius 2 is 1.81 bits per heavy atom. The summed E-state index contributed by atoms with van der Waals surface area (Å²) in [6.07, 6.45) is 1.01. The van der Waals surface area contributed by atoms with Crippen LogP contribution >= 0.6 is 15.9 Å². The van der Waals surface area contributed by atoms with Gasteiger partial charge in [0.2, 0.25) is 0 Å². The molecule has 0 radical (unpaired) electrons. The number of fused-ring (bicyclic) bond motifs is 1. The molecule has 2 aromatic rings. The van der Waals surface area contributed by atoms with E-state index in [0.29, 0.717) is 0 Å². The van der Waals surface area contributed by atoms with Crippen LogP contribution in [0.1, 0.15) is 5.56 Å². The van der Waals surface area contributed by atoms with Gasteiger partial charge < -0.3 is 4.74 Å². The third-order valence-electron chi connectivity index (χ3n) is 2.85. The second-order valence-electron chi connectivity index (χ2n) is 3.91. The van der Waals surface area contributed by atoms with E-state index in [4.69, 9.17) is 4.74 Å². The largest absolute Gasteiger partial charge is 0.492 e. The van der Waals surface area contributed by atoms with Crippen LogP contribution in [0.2, 0.25) is 0 Å². The maximum atomic E-state index is 5.57. The molecule has 0 unspecified atom stereocenters. The molecule has 1 aliphatic rings. The minimum atomic E-state index is 0.798. The summed E-state index contributed by atoms with van der Waals surface area (Å²) in [6, 6.07) is 14.8. The van der Waals surface area contributed by atoms with E-state index in [1.807, 2.05) is 6.07 Å². The van der Waals surface area contributed by atoms with Gasteiger partial charge in [-0.05, 0) is 44.8 Å². The molecule has 80 valence electrons. The van der Waals surface area contributed by atoms with E-state index in [1.54, 1.807) is 0 Å². The van der Waals surface area contributed by atoms with Crippen molar-refractivity contribution in [2.24, 2.45) is 0 Å². The van der Waals surface area contributed by atoms with Crippen molar-refractivity contribution in [2.45, 2.75) is 6.42 Å². The van der Waals surface area contributed by atoms with Gasteiger partial charge in [-0.15, -0.1) is 0 Å². The number of hydrogen-bond acceptors (Lipinski definition) is 1. The molecule has 0 N–H and O–H groups in total. The fourth-order valence-electron chi connectivity index (χ4n) is 2.06.